The Morgan fingerprint density at radius 2 is 2.11 bits per heavy atom. The third kappa shape index (κ3) is 3.96. The molecule has 0 saturated carbocycles. The van der Waals surface area contributed by atoms with Crippen molar-refractivity contribution in [3.63, 3.8) is 0 Å². The summed E-state index contributed by atoms with van der Waals surface area (Å²) in [6.07, 6.45) is 2.66. The summed E-state index contributed by atoms with van der Waals surface area (Å²) in [6.45, 7) is 7.04. The van der Waals surface area contributed by atoms with Crippen molar-refractivity contribution < 1.29 is 4.74 Å². The molecule has 0 unspecified atom stereocenters. The maximum Gasteiger partial charge on any atom is 0.213 e. The molecule has 1 aromatic heterocycles. The molecule has 1 fully saturated rings. The van der Waals surface area contributed by atoms with Crippen molar-refractivity contribution in [1.82, 2.24) is 15.2 Å². The molecule has 0 amide bonds. The number of ether oxygens (including phenoxy) is 1. The molecule has 1 saturated heterocycles. The van der Waals surface area contributed by atoms with Crippen LogP contribution in [0.5, 0.6) is 5.88 Å². The lowest BCUT2D eigenvalue weighted by Crippen LogP contribution is -2.25. The summed E-state index contributed by atoms with van der Waals surface area (Å²) in [5, 5.41) is 3.15. The SMILES string of the molecule is CNCc1cc(C)nc(OCCN2CCCC2)c1. The lowest BCUT2D eigenvalue weighted by Gasteiger charge is -2.15. The van der Waals surface area contributed by atoms with Gasteiger partial charge >= 0.3 is 0 Å². The first-order chi connectivity index (χ1) is 8.78. The number of nitrogens with zero attached hydrogens (tertiary/aromatic N) is 2. The van der Waals surface area contributed by atoms with Gasteiger partial charge in [0.2, 0.25) is 5.88 Å². The smallest absolute Gasteiger partial charge is 0.213 e. The van der Waals surface area contributed by atoms with Gasteiger partial charge in [-0.25, -0.2) is 4.98 Å². The number of nitrogens with one attached hydrogen (secondary N) is 1. The zero-order valence-corrected chi connectivity index (χ0v) is 11.4. The van der Waals surface area contributed by atoms with Gasteiger partial charge in [0.05, 0.1) is 0 Å². The quantitative estimate of drug-likeness (QED) is 0.830. The van der Waals surface area contributed by atoms with E-state index in [1.54, 1.807) is 0 Å². The van der Waals surface area contributed by atoms with Gasteiger partial charge in [0.25, 0.3) is 0 Å². The van der Waals surface area contributed by atoms with Gasteiger partial charge in [0.15, 0.2) is 0 Å². The fraction of sp³-hybridized carbons (Fsp3) is 0.643. The minimum Gasteiger partial charge on any atom is -0.476 e. The monoisotopic (exact) mass is 249 g/mol. The van der Waals surface area contributed by atoms with E-state index in [0.29, 0.717) is 0 Å². The van der Waals surface area contributed by atoms with Crippen LogP contribution >= 0.6 is 0 Å². The predicted molar refractivity (Wildman–Crippen MR) is 72.9 cm³/mol. The highest BCUT2D eigenvalue weighted by Gasteiger charge is 2.11. The average molecular weight is 249 g/mol. The van der Waals surface area contributed by atoms with Crippen molar-refractivity contribution in [2.75, 3.05) is 33.3 Å². The predicted octanol–water partition coefficient (Wildman–Crippen LogP) is 1.58. The van der Waals surface area contributed by atoms with Gasteiger partial charge in [-0.3, -0.25) is 4.90 Å². The number of hydrogen-bond donors (Lipinski definition) is 1. The van der Waals surface area contributed by atoms with Crippen LogP contribution in [-0.2, 0) is 6.54 Å². The molecule has 0 aromatic carbocycles. The Labute approximate surface area is 109 Å². The van der Waals surface area contributed by atoms with E-state index < -0.39 is 0 Å². The molecule has 2 heterocycles. The highest BCUT2D eigenvalue weighted by molar-refractivity contribution is 5.24. The number of pyridine rings is 1. The van der Waals surface area contributed by atoms with Crippen molar-refractivity contribution in [2.24, 2.45) is 0 Å². The van der Waals surface area contributed by atoms with Crippen molar-refractivity contribution >= 4 is 0 Å². The zero-order chi connectivity index (χ0) is 12.8. The Morgan fingerprint density at radius 3 is 2.83 bits per heavy atom. The molecule has 100 valence electrons. The third-order valence-electron chi connectivity index (χ3n) is 3.23. The largest absolute Gasteiger partial charge is 0.476 e. The second-order valence-corrected chi connectivity index (χ2v) is 4.88. The summed E-state index contributed by atoms with van der Waals surface area (Å²) in [4.78, 5) is 6.86. The summed E-state index contributed by atoms with van der Waals surface area (Å²) < 4.78 is 5.76. The average Bonchev–Trinajstić information content (AvgIpc) is 2.82. The Morgan fingerprint density at radius 1 is 1.33 bits per heavy atom. The third-order valence-corrected chi connectivity index (χ3v) is 3.23. The molecule has 1 N–H and O–H groups in total. The Kier molecular flexibility index (Phi) is 4.96. The molecule has 4 heteroatoms. The van der Waals surface area contributed by atoms with Crippen LogP contribution in [-0.4, -0.2) is 43.2 Å². The van der Waals surface area contributed by atoms with Crippen LogP contribution < -0.4 is 10.1 Å². The summed E-state index contributed by atoms with van der Waals surface area (Å²) in [7, 11) is 1.95. The van der Waals surface area contributed by atoms with Crippen molar-refractivity contribution in [2.45, 2.75) is 26.3 Å². The standard InChI is InChI=1S/C14H23N3O/c1-12-9-13(11-15-2)10-14(16-12)18-8-7-17-5-3-4-6-17/h9-10,15H,3-8,11H2,1-2H3. The van der Waals surface area contributed by atoms with Gasteiger partial charge < -0.3 is 10.1 Å². The van der Waals surface area contributed by atoms with Gasteiger partial charge in [-0.1, -0.05) is 0 Å². The van der Waals surface area contributed by atoms with Crippen LogP contribution in [0.1, 0.15) is 24.1 Å². The minimum absolute atomic E-state index is 0.732. The molecular formula is C14H23N3O. The molecule has 18 heavy (non-hydrogen) atoms. The number of likely N-dealkylation sites (tertiary alicyclic amines) is 1. The van der Waals surface area contributed by atoms with Crippen molar-refractivity contribution in [1.29, 1.82) is 0 Å². The second-order valence-electron chi connectivity index (χ2n) is 4.88. The lowest BCUT2D eigenvalue weighted by atomic mass is 10.2. The van der Waals surface area contributed by atoms with Gasteiger partial charge in [-0.05, 0) is 51.5 Å². The van der Waals surface area contributed by atoms with E-state index in [0.717, 1.165) is 31.3 Å². The molecule has 2 rings (SSSR count). The van der Waals surface area contributed by atoms with E-state index in [9.17, 15) is 0 Å². The Hall–Kier alpha value is -1.13. The molecule has 0 spiro atoms. The number of rotatable bonds is 6. The Balaban J connectivity index is 1.83. The minimum atomic E-state index is 0.732. The van der Waals surface area contributed by atoms with Gasteiger partial charge in [0.1, 0.15) is 6.61 Å². The fourth-order valence-electron chi connectivity index (χ4n) is 2.37. The highest BCUT2D eigenvalue weighted by atomic mass is 16.5. The summed E-state index contributed by atoms with van der Waals surface area (Å²) in [6, 6.07) is 4.11. The summed E-state index contributed by atoms with van der Waals surface area (Å²) >= 11 is 0. The molecule has 4 nitrogen and oxygen atoms in total. The Bertz CT molecular complexity index is 375. The van der Waals surface area contributed by atoms with E-state index in [2.05, 4.69) is 21.3 Å². The van der Waals surface area contributed by atoms with Crippen molar-refractivity contribution in [3.05, 3.63) is 23.4 Å². The highest BCUT2D eigenvalue weighted by Crippen LogP contribution is 2.13. The van der Waals surface area contributed by atoms with Crippen LogP contribution in [0.15, 0.2) is 12.1 Å². The van der Waals surface area contributed by atoms with Gasteiger partial charge in [-0.2, -0.15) is 0 Å². The first-order valence-corrected chi connectivity index (χ1v) is 6.75. The van der Waals surface area contributed by atoms with Crippen LogP contribution in [0, 0.1) is 6.92 Å². The molecule has 1 aliphatic heterocycles. The summed E-state index contributed by atoms with van der Waals surface area (Å²) in [5.41, 5.74) is 2.24. The van der Waals surface area contributed by atoms with Gasteiger partial charge in [-0.15, -0.1) is 0 Å². The number of hydrogen-bond acceptors (Lipinski definition) is 4. The summed E-state index contributed by atoms with van der Waals surface area (Å²) in [5.74, 6) is 0.749. The molecule has 0 atom stereocenters. The van der Waals surface area contributed by atoms with E-state index in [-0.39, 0.29) is 0 Å². The number of aromatic nitrogens is 1. The molecular weight excluding hydrogens is 226 g/mol. The molecule has 1 aliphatic rings. The zero-order valence-electron chi connectivity index (χ0n) is 11.4. The van der Waals surface area contributed by atoms with Crippen LogP contribution in [0.4, 0.5) is 0 Å². The maximum absolute atomic E-state index is 5.76. The van der Waals surface area contributed by atoms with Crippen LogP contribution in [0.2, 0.25) is 0 Å². The maximum atomic E-state index is 5.76. The van der Waals surface area contributed by atoms with E-state index in [4.69, 9.17) is 4.74 Å². The van der Waals surface area contributed by atoms with E-state index in [1.165, 1.54) is 31.5 Å². The number of aryl methyl sites for hydroxylation is 1. The topological polar surface area (TPSA) is 37.4 Å². The first kappa shape index (κ1) is 13.3. The normalized spacial score (nSPS) is 16.1. The fourth-order valence-corrected chi connectivity index (χ4v) is 2.37. The van der Waals surface area contributed by atoms with E-state index >= 15 is 0 Å². The van der Waals surface area contributed by atoms with Crippen LogP contribution in [0.3, 0.4) is 0 Å². The molecule has 1 aromatic rings. The van der Waals surface area contributed by atoms with Crippen molar-refractivity contribution in [3.8, 4) is 5.88 Å². The molecule has 0 aliphatic carbocycles. The molecule has 0 radical (unpaired) electrons. The van der Waals surface area contributed by atoms with Crippen LogP contribution in [0.25, 0.3) is 0 Å². The lowest BCUT2D eigenvalue weighted by molar-refractivity contribution is 0.231. The van der Waals surface area contributed by atoms with Gasteiger partial charge in [0, 0.05) is 24.8 Å². The second kappa shape index (κ2) is 6.71. The molecule has 0 bridgehead atoms. The van der Waals surface area contributed by atoms with E-state index in [1.807, 2.05) is 20.0 Å². The first-order valence-electron chi connectivity index (χ1n) is 6.75.